The number of hydrogen-bond acceptors (Lipinski definition) is 5. The minimum absolute atomic E-state index is 0.0229. The number of carbonyl (C=O) groups excluding carboxylic acids is 5. The van der Waals surface area contributed by atoms with Crippen LogP contribution in [0.3, 0.4) is 0 Å². The normalized spacial score (nSPS) is 24.1. The van der Waals surface area contributed by atoms with Gasteiger partial charge in [0.05, 0.1) is 11.3 Å². The SMILES string of the molecule is CC12CCC(=O)N1c1ccccc1C(=O)N2CCC(=O)N1CCN(C(=O)C(=O)NC2CC2)CC1. The van der Waals surface area contributed by atoms with Gasteiger partial charge in [0.25, 0.3) is 5.91 Å². The molecule has 1 aromatic rings. The number of rotatable bonds is 4. The van der Waals surface area contributed by atoms with Crippen molar-refractivity contribution in [3.63, 3.8) is 0 Å². The maximum atomic E-state index is 13.3. The first-order chi connectivity index (χ1) is 16.3. The van der Waals surface area contributed by atoms with Crippen LogP contribution in [-0.4, -0.2) is 88.7 Å². The Hall–Kier alpha value is -3.43. The van der Waals surface area contributed by atoms with Crippen molar-refractivity contribution in [1.29, 1.82) is 0 Å². The minimum Gasteiger partial charge on any atom is -0.345 e. The standard InChI is InChI=1S/C24H29N5O5/c1-24-10-8-20(31)29(24)18-5-3-2-4-17(18)22(33)28(24)11-9-19(30)26-12-14-27(15-13-26)23(34)21(32)25-16-6-7-16/h2-5,16H,6-15H2,1H3,(H,25,32). The third-order valence-electron chi connectivity index (χ3n) is 7.32. The first-order valence-corrected chi connectivity index (χ1v) is 11.9. The van der Waals surface area contributed by atoms with Gasteiger partial charge in [0, 0.05) is 51.6 Å². The molecule has 34 heavy (non-hydrogen) atoms. The predicted molar refractivity (Wildman–Crippen MR) is 122 cm³/mol. The summed E-state index contributed by atoms with van der Waals surface area (Å²) in [4.78, 5) is 69.7. The number of hydrogen-bond donors (Lipinski definition) is 1. The second-order valence-corrected chi connectivity index (χ2v) is 9.59. The van der Waals surface area contributed by atoms with Crippen molar-refractivity contribution in [3.8, 4) is 0 Å². The average molecular weight is 468 g/mol. The molecule has 0 aromatic heterocycles. The van der Waals surface area contributed by atoms with E-state index in [1.54, 1.807) is 32.9 Å². The largest absolute Gasteiger partial charge is 0.345 e. The summed E-state index contributed by atoms with van der Waals surface area (Å²) >= 11 is 0. The van der Waals surface area contributed by atoms with Crippen molar-refractivity contribution < 1.29 is 24.0 Å². The van der Waals surface area contributed by atoms with Gasteiger partial charge >= 0.3 is 11.8 Å². The summed E-state index contributed by atoms with van der Waals surface area (Å²) in [7, 11) is 0. The Kier molecular flexibility index (Phi) is 5.53. The van der Waals surface area contributed by atoms with Gasteiger partial charge in [-0.25, -0.2) is 0 Å². The fourth-order valence-corrected chi connectivity index (χ4v) is 5.18. The summed E-state index contributed by atoms with van der Waals surface area (Å²) in [5.41, 5.74) is 0.314. The molecule has 1 unspecified atom stereocenters. The van der Waals surface area contributed by atoms with Gasteiger partial charge in [0.15, 0.2) is 0 Å². The zero-order valence-electron chi connectivity index (χ0n) is 19.3. The van der Waals surface area contributed by atoms with Gasteiger partial charge in [0.2, 0.25) is 11.8 Å². The number of para-hydroxylation sites is 1. The molecular formula is C24H29N5O5. The van der Waals surface area contributed by atoms with Crippen molar-refractivity contribution in [2.75, 3.05) is 37.6 Å². The quantitative estimate of drug-likeness (QED) is 0.642. The molecule has 4 aliphatic rings. The van der Waals surface area contributed by atoms with Crippen molar-refractivity contribution in [1.82, 2.24) is 20.0 Å². The van der Waals surface area contributed by atoms with Gasteiger partial charge in [-0.05, 0) is 38.3 Å². The van der Waals surface area contributed by atoms with E-state index < -0.39 is 17.5 Å². The lowest BCUT2D eigenvalue weighted by molar-refractivity contribution is -0.148. The van der Waals surface area contributed by atoms with E-state index in [9.17, 15) is 24.0 Å². The third-order valence-corrected chi connectivity index (χ3v) is 7.32. The minimum atomic E-state index is -0.789. The number of amides is 5. The molecule has 1 N–H and O–H groups in total. The number of anilines is 1. The second kappa shape index (κ2) is 8.41. The number of nitrogens with zero attached hydrogens (tertiary/aromatic N) is 4. The van der Waals surface area contributed by atoms with Crippen LogP contribution in [0, 0.1) is 0 Å². The fraction of sp³-hybridized carbons (Fsp3) is 0.542. The van der Waals surface area contributed by atoms with E-state index in [-0.39, 0.29) is 36.7 Å². The van der Waals surface area contributed by atoms with Gasteiger partial charge in [0.1, 0.15) is 5.66 Å². The lowest BCUT2D eigenvalue weighted by Gasteiger charge is -2.48. The molecule has 3 heterocycles. The van der Waals surface area contributed by atoms with Gasteiger partial charge in [-0.15, -0.1) is 0 Å². The Morgan fingerprint density at radius 2 is 1.71 bits per heavy atom. The number of piperazine rings is 1. The van der Waals surface area contributed by atoms with Crippen molar-refractivity contribution in [2.24, 2.45) is 0 Å². The number of benzene rings is 1. The fourth-order valence-electron chi connectivity index (χ4n) is 5.18. The van der Waals surface area contributed by atoms with Gasteiger partial charge in [-0.1, -0.05) is 12.1 Å². The average Bonchev–Trinajstić information content (AvgIpc) is 3.60. The summed E-state index contributed by atoms with van der Waals surface area (Å²) in [6.07, 6.45) is 2.83. The summed E-state index contributed by atoms with van der Waals surface area (Å²) < 4.78 is 0. The number of carbonyl (C=O) groups is 5. The van der Waals surface area contributed by atoms with Crippen molar-refractivity contribution >= 4 is 35.2 Å². The van der Waals surface area contributed by atoms with Crippen LogP contribution < -0.4 is 10.2 Å². The molecule has 10 heteroatoms. The van der Waals surface area contributed by atoms with Crippen LogP contribution >= 0.6 is 0 Å². The summed E-state index contributed by atoms with van der Waals surface area (Å²) in [6.45, 7) is 3.39. The van der Waals surface area contributed by atoms with Gasteiger partial charge < -0.3 is 20.0 Å². The molecule has 3 fully saturated rings. The van der Waals surface area contributed by atoms with Crippen LogP contribution in [0.1, 0.15) is 49.4 Å². The number of fused-ring (bicyclic) bond motifs is 3. The molecule has 3 aliphatic heterocycles. The molecular weight excluding hydrogens is 438 g/mol. The lowest BCUT2D eigenvalue weighted by atomic mass is 9.98. The molecule has 180 valence electrons. The number of nitrogens with one attached hydrogen (secondary N) is 1. The Balaban J connectivity index is 1.20. The molecule has 0 bridgehead atoms. The topological polar surface area (TPSA) is 110 Å². The molecule has 1 atom stereocenters. The highest BCUT2D eigenvalue weighted by Gasteiger charge is 2.52. The predicted octanol–water partition coefficient (Wildman–Crippen LogP) is 0.325. The van der Waals surface area contributed by atoms with E-state index in [1.807, 2.05) is 13.0 Å². The third kappa shape index (κ3) is 3.80. The molecule has 2 saturated heterocycles. The lowest BCUT2D eigenvalue weighted by Crippen LogP contribution is -2.62. The Bertz CT molecular complexity index is 1060. The zero-order chi connectivity index (χ0) is 24.0. The van der Waals surface area contributed by atoms with Gasteiger partial charge in [-0.2, -0.15) is 0 Å². The molecule has 10 nitrogen and oxygen atoms in total. The second-order valence-electron chi connectivity index (χ2n) is 9.59. The highest BCUT2D eigenvalue weighted by molar-refractivity contribution is 6.35. The van der Waals surface area contributed by atoms with Crippen LogP contribution in [0.5, 0.6) is 0 Å². The molecule has 0 radical (unpaired) electrons. The maximum absolute atomic E-state index is 13.3. The molecule has 1 aliphatic carbocycles. The van der Waals surface area contributed by atoms with E-state index in [0.29, 0.717) is 50.3 Å². The summed E-state index contributed by atoms with van der Waals surface area (Å²) in [5, 5.41) is 2.70. The monoisotopic (exact) mass is 467 g/mol. The first-order valence-electron chi connectivity index (χ1n) is 11.9. The maximum Gasteiger partial charge on any atom is 0.312 e. The van der Waals surface area contributed by atoms with E-state index in [4.69, 9.17) is 0 Å². The van der Waals surface area contributed by atoms with Crippen molar-refractivity contribution in [2.45, 2.75) is 50.7 Å². The van der Waals surface area contributed by atoms with E-state index in [1.165, 1.54) is 4.90 Å². The highest BCUT2D eigenvalue weighted by Crippen LogP contribution is 2.44. The Labute approximate surface area is 197 Å². The Morgan fingerprint density at radius 1 is 1.03 bits per heavy atom. The molecule has 5 amide bonds. The summed E-state index contributed by atoms with van der Waals surface area (Å²) in [5.74, 6) is -1.43. The highest BCUT2D eigenvalue weighted by atomic mass is 16.2. The van der Waals surface area contributed by atoms with Crippen LogP contribution in [-0.2, 0) is 19.2 Å². The molecule has 0 spiro atoms. The van der Waals surface area contributed by atoms with E-state index in [2.05, 4.69) is 5.32 Å². The first kappa shape index (κ1) is 22.4. The van der Waals surface area contributed by atoms with E-state index >= 15 is 0 Å². The molecule has 5 rings (SSSR count). The van der Waals surface area contributed by atoms with Crippen LogP contribution in [0.25, 0.3) is 0 Å². The van der Waals surface area contributed by atoms with Crippen molar-refractivity contribution in [3.05, 3.63) is 29.8 Å². The zero-order valence-corrected chi connectivity index (χ0v) is 19.3. The smallest absolute Gasteiger partial charge is 0.312 e. The van der Waals surface area contributed by atoms with Crippen LogP contribution in [0.15, 0.2) is 24.3 Å². The molecule has 1 saturated carbocycles. The van der Waals surface area contributed by atoms with Crippen LogP contribution in [0.4, 0.5) is 5.69 Å². The van der Waals surface area contributed by atoms with E-state index in [0.717, 1.165) is 12.8 Å². The Morgan fingerprint density at radius 3 is 2.41 bits per heavy atom. The van der Waals surface area contributed by atoms with Gasteiger partial charge in [-0.3, -0.25) is 28.9 Å². The molecule has 1 aromatic carbocycles. The van der Waals surface area contributed by atoms with Crippen LogP contribution in [0.2, 0.25) is 0 Å². The summed E-state index contributed by atoms with van der Waals surface area (Å²) in [6, 6.07) is 7.22.